The SMILES string of the molecule is O=Cc1cccc(-c2ccccc2OCc2ccccc2)c1. The molecule has 108 valence electrons. The third-order valence-electron chi connectivity index (χ3n) is 3.46. The number of ether oxygens (including phenoxy) is 1. The van der Waals surface area contributed by atoms with Gasteiger partial charge in [0.15, 0.2) is 0 Å². The molecule has 0 heterocycles. The largest absolute Gasteiger partial charge is 0.488 e. The highest BCUT2D eigenvalue weighted by atomic mass is 16.5. The summed E-state index contributed by atoms with van der Waals surface area (Å²) < 4.78 is 5.96. The van der Waals surface area contributed by atoms with Gasteiger partial charge in [-0.2, -0.15) is 0 Å². The van der Waals surface area contributed by atoms with Crippen LogP contribution in [-0.4, -0.2) is 6.29 Å². The molecular formula is C20H16O2. The molecule has 0 N–H and O–H groups in total. The van der Waals surface area contributed by atoms with Crippen molar-refractivity contribution in [2.75, 3.05) is 0 Å². The van der Waals surface area contributed by atoms with Crippen LogP contribution in [-0.2, 0) is 6.61 Å². The van der Waals surface area contributed by atoms with Crippen molar-refractivity contribution in [1.82, 2.24) is 0 Å². The van der Waals surface area contributed by atoms with Crippen molar-refractivity contribution in [2.45, 2.75) is 6.61 Å². The molecule has 0 saturated carbocycles. The molecule has 0 unspecified atom stereocenters. The second-order valence-corrected chi connectivity index (χ2v) is 5.01. The Balaban J connectivity index is 1.88. The molecule has 3 rings (SSSR count). The van der Waals surface area contributed by atoms with Gasteiger partial charge in [-0.15, -0.1) is 0 Å². The minimum absolute atomic E-state index is 0.519. The molecule has 0 bridgehead atoms. The number of carbonyl (C=O) groups is 1. The average molecular weight is 288 g/mol. The minimum atomic E-state index is 0.519. The summed E-state index contributed by atoms with van der Waals surface area (Å²) in [6.45, 7) is 0.519. The number of hydrogen-bond acceptors (Lipinski definition) is 2. The molecule has 0 spiro atoms. The van der Waals surface area contributed by atoms with Crippen LogP contribution in [0.4, 0.5) is 0 Å². The highest BCUT2D eigenvalue weighted by Gasteiger charge is 2.06. The monoisotopic (exact) mass is 288 g/mol. The van der Waals surface area contributed by atoms with E-state index in [1.807, 2.05) is 72.8 Å². The lowest BCUT2D eigenvalue weighted by molar-refractivity contribution is 0.112. The van der Waals surface area contributed by atoms with E-state index in [2.05, 4.69) is 0 Å². The van der Waals surface area contributed by atoms with Crippen LogP contribution in [0.25, 0.3) is 11.1 Å². The summed E-state index contributed by atoms with van der Waals surface area (Å²) >= 11 is 0. The van der Waals surface area contributed by atoms with Gasteiger partial charge in [-0.05, 0) is 23.3 Å². The molecule has 22 heavy (non-hydrogen) atoms. The Kier molecular flexibility index (Phi) is 4.30. The second-order valence-electron chi connectivity index (χ2n) is 5.01. The van der Waals surface area contributed by atoms with Crippen LogP contribution in [0.1, 0.15) is 15.9 Å². The van der Waals surface area contributed by atoms with E-state index in [1.54, 1.807) is 6.07 Å². The molecule has 0 aromatic heterocycles. The van der Waals surface area contributed by atoms with Crippen molar-refractivity contribution in [3.05, 3.63) is 90.0 Å². The average Bonchev–Trinajstić information content (AvgIpc) is 2.61. The minimum Gasteiger partial charge on any atom is -0.488 e. The van der Waals surface area contributed by atoms with E-state index in [-0.39, 0.29) is 0 Å². The van der Waals surface area contributed by atoms with Crippen LogP contribution < -0.4 is 4.74 Å². The quantitative estimate of drug-likeness (QED) is 0.634. The maximum atomic E-state index is 11.0. The molecule has 0 aliphatic heterocycles. The maximum absolute atomic E-state index is 11.0. The Morgan fingerprint density at radius 2 is 1.59 bits per heavy atom. The zero-order chi connectivity index (χ0) is 15.2. The van der Waals surface area contributed by atoms with Crippen molar-refractivity contribution in [3.8, 4) is 16.9 Å². The third-order valence-corrected chi connectivity index (χ3v) is 3.46. The first-order valence-electron chi connectivity index (χ1n) is 7.18. The topological polar surface area (TPSA) is 26.3 Å². The fourth-order valence-corrected chi connectivity index (χ4v) is 2.35. The summed E-state index contributed by atoms with van der Waals surface area (Å²) in [7, 11) is 0. The van der Waals surface area contributed by atoms with Gasteiger partial charge in [0.25, 0.3) is 0 Å². The molecule has 2 heteroatoms. The third kappa shape index (κ3) is 3.23. The summed E-state index contributed by atoms with van der Waals surface area (Å²) in [5, 5.41) is 0. The first-order chi connectivity index (χ1) is 10.9. The van der Waals surface area contributed by atoms with Crippen LogP contribution in [0.2, 0.25) is 0 Å². The zero-order valence-electron chi connectivity index (χ0n) is 12.1. The summed E-state index contributed by atoms with van der Waals surface area (Å²) in [5.74, 6) is 0.814. The van der Waals surface area contributed by atoms with Gasteiger partial charge in [-0.3, -0.25) is 4.79 Å². The number of aldehydes is 1. The number of hydrogen-bond donors (Lipinski definition) is 0. The normalized spacial score (nSPS) is 10.2. The fourth-order valence-electron chi connectivity index (χ4n) is 2.35. The predicted molar refractivity (Wildman–Crippen MR) is 88.0 cm³/mol. The Hall–Kier alpha value is -2.87. The molecule has 2 nitrogen and oxygen atoms in total. The van der Waals surface area contributed by atoms with Gasteiger partial charge in [-0.1, -0.05) is 66.7 Å². The van der Waals surface area contributed by atoms with Crippen LogP contribution in [0.15, 0.2) is 78.9 Å². The predicted octanol–water partition coefficient (Wildman–Crippen LogP) is 4.75. The first-order valence-corrected chi connectivity index (χ1v) is 7.18. The van der Waals surface area contributed by atoms with Gasteiger partial charge in [0.2, 0.25) is 0 Å². The van der Waals surface area contributed by atoms with E-state index in [0.29, 0.717) is 12.2 Å². The van der Waals surface area contributed by atoms with Crippen molar-refractivity contribution in [1.29, 1.82) is 0 Å². The fraction of sp³-hybridized carbons (Fsp3) is 0.0500. The molecular weight excluding hydrogens is 272 g/mol. The van der Waals surface area contributed by atoms with E-state index in [0.717, 1.165) is 28.7 Å². The lowest BCUT2D eigenvalue weighted by Gasteiger charge is -2.12. The number of carbonyl (C=O) groups excluding carboxylic acids is 1. The van der Waals surface area contributed by atoms with Crippen LogP contribution >= 0.6 is 0 Å². The van der Waals surface area contributed by atoms with E-state index < -0.39 is 0 Å². The summed E-state index contributed by atoms with van der Waals surface area (Å²) in [6.07, 6.45) is 0.858. The van der Waals surface area contributed by atoms with Crippen molar-refractivity contribution in [3.63, 3.8) is 0 Å². The summed E-state index contributed by atoms with van der Waals surface area (Å²) in [6, 6.07) is 25.5. The highest BCUT2D eigenvalue weighted by Crippen LogP contribution is 2.30. The lowest BCUT2D eigenvalue weighted by atomic mass is 10.0. The Morgan fingerprint density at radius 1 is 0.818 bits per heavy atom. The zero-order valence-corrected chi connectivity index (χ0v) is 12.1. The van der Waals surface area contributed by atoms with Gasteiger partial charge in [-0.25, -0.2) is 0 Å². The van der Waals surface area contributed by atoms with Gasteiger partial charge < -0.3 is 4.74 Å². The number of benzene rings is 3. The van der Waals surface area contributed by atoms with Gasteiger partial charge >= 0.3 is 0 Å². The van der Waals surface area contributed by atoms with E-state index in [4.69, 9.17) is 4.74 Å². The van der Waals surface area contributed by atoms with Gasteiger partial charge in [0, 0.05) is 11.1 Å². The Morgan fingerprint density at radius 3 is 2.41 bits per heavy atom. The Bertz CT molecular complexity index is 763. The summed E-state index contributed by atoms with van der Waals surface area (Å²) in [5.41, 5.74) is 3.75. The molecule has 0 radical (unpaired) electrons. The molecule has 3 aromatic carbocycles. The van der Waals surface area contributed by atoms with Crippen molar-refractivity contribution >= 4 is 6.29 Å². The first kappa shape index (κ1) is 14.1. The van der Waals surface area contributed by atoms with E-state index >= 15 is 0 Å². The molecule has 3 aromatic rings. The molecule has 0 fully saturated rings. The lowest BCUT2D eigenvalue weighted by Crippen LogP contribution is -1.96. The van der Waals surface area contributed by atoms with E-state index in [1.165, 1.54) is 0 Å². The number of para-hydroxylation sites is 1. The molecule has 0 atom stereocenters. The van der Waals surface area contributed by atoms with Crippen molar-refractivity contribution in [2.24, 2.45) is 0 Å². The molecule has 0 saturated heterocycles. The Labute approximate surface area is 130 Å². The molecule has 0 aliphatic rings. The molecule has 0 amide bonds. The van der Waals surface area contributed by atoms with Crippen LogP contribution in [0.3, 0.4) is 0 Å². The van der Waals surface area contributed by atoms with E-state index in [9.17, 15) is 4.79 Å². The standard InChI is InChI=1S/C20H16O2/c21-14-17-9-6-10-18(13-17)19-11-4-5-12-20(19)22-15-16-7-2-1-3-8-16/h1-14H,15H2. The second kappa shape index (κ2) is 6.72. The summed E-state index contributed by atoms with van der Waals surface area (Å²) in [4.78, 5) is 11.0. The van der Waals surface area contributed by atoms with Crippen LogP contribution in [0, 0.1) is 0 Å². The smallest absolute Gasteiger partial charge is 0.150 e. The van der Waals surface area contributed by atoms with Crippen molar-refractivity contribution < 1.29 is 9.53 Å². The molecule has 0 aliphatic carbocycles. The van der Waals surface area contributed by atoms with Gasteiger partial charge in [0.1, 0.15) is 18.6 Å². The van der Waals surface area contributed by atoms with Crippen LogP contribution in [0.5, 0.6) is 5.75 Å². The maximum Gasteiger partial charge on any atom is 0.150 e. The number of rotatable bonds is 5. The van der Waals surface area contributed by atoms with Gasteiger partial charge in [0.05, 0.1) is 0 Å². The highest BCUT2D eigenvalue weighted by molar-refractivity contribution is 5.80.